The predicted octanol–water partition coefficient (Wildman–Crippen LogP) is 5.53. The second kappa shape index (κ2) is 8.66. The largest absolute Gasteiger partial charge is 0.0654 e. The Bertz CT molecular complexity index is 367. The van der Waals surface area contributed by atoms with Crippen LogP contribution in [0.2, 0.25) is 0 Å². The van der Waals surface area contributed by atoms with Crippen molar-refractivity contribution in [1.82, 2.24) is 0 Å². The van der Waals surface area contributed by atoms with Crippen LogP contribution in [-0.2, 0) is 6.42 Å². The highest BCUT2D eigenvalue weighted by molar-refractivity contribution is 5.45. The molecule has 0 spiro atoms. The second-order valence-electron chi connectivity index (χ2n) is 4.34. The molecular weight excluding hydrogens is 210 g/mol. The van der Waals surface area contributed by atoms with Crippen molar-refractivity contribution >= 4 is 5.69 Å². The molecule has 17 heavy (non-hydrogen) atoms. The highest BCUT2D eigenvalue weighted by Crippen LogP contribution is 2.21. The Kier molecular flexibility index (Phi) is 6.92. The summed E-state index contributed by atoms with van der Waals surface area (Å²) in [7, 11) is 0. The van der Waals surface area contributed by atoms with Crippen LogP contribution < -0.4 is 0 Å². The maximum Gasteiger partial charge on any atom is 0.0407 e. The van der Waals surface area contributed by atoms with Gasteiger partial charge in [0, 0.05) is 10.6 Å². The van der Waals surface area contributed by atoms with E-state index in [-0.39, 0.29) is 0 Å². The zero-order valence-electron chi connectivity index (χ0n) is 10.6. The standard InChI is InChI=1S/C14H21N3/c1-2-3-4-5-6-7-10-13-11-8-9-12-14(13)16-17-15/h8-9,11-12H,2-7,10H2,1H3. The summed E-state index contributed by atoms with van der Waals surface area (Å²) in [6.07, 6.45) is 8.76. The molecule has 92 valence electrons. The summed E-state index contributed by atoms with van der Waals surface area (Å²) in [5, 5.41) is 3.72. The Morgan fingerprint density at radius 2 is 1.76 bits per heavy atom. The van der Waals surface area contributed by atoms with Gasteiger partial charge in [-0.15, -0.1) is 0 Å². The Hall–Kier alpha value is -1.47. The molecule has 0 aliphatic rings. The summed E-state index contributed by atoms with van der Waals surface area (Å²) in [5.74, 6) is 0. The fourth-order valence-corrected chi connectivity index (χ4v) is 1.96. The van der Waals surface area contributed by atoms with Crippen LogP contribution in [0.4, 0.5) is 5.69 Å². The Labute approximate surface area is 103 Å². The monoisotopic (exact) mass is 231 g/mol. The Morgan fingerprint density at radius 3 is 2.53 bits per heavy atom. The van der Waals surface area contributed by atoms with Gasteiger partial charge in [-0.3, -0.25) is 0 Å². The van der Waals surface area contributed by atoms with Crippen molar-refractivity contribution < 1.29 is 0 Å². The fourth-order valence-electron chi connectivity index (χ4n) is 1.96. The summed E-state index contributed by atoms with van der Waals surface area (Å²) in [5.41, 5.74) is 10.4. The van der Waals surface area contributed by atoms with Crippen molar-refractivity contribution in [2.45, 2.75) is 51.9 Å². The zero-order chi connectivity index (χ0) is 12.3. The van der Waals surface area contributed by atoms with Crippen molar-refractivity contribution in [1.29, 1.82) is 0 Å². The number of benzene rings is 1. The lowest BCUT2D eigenvalue weighted by Gasteiger charge is -2.04. The molecule has 0 aliphatic carbocycles. The minimum atomic E-state index is 0.781. The van der Waals surface area contributed by atoms with Gasteiger partial charge >= 0.3 is 0 Å². The minimum Gasteiger partial charge on any atom is -0.0654 e. The van der Waals surface area contributed by atoms with E-state index in [1.54, 1.807) is 0 Å². The van der Waals surface area contributed by atoms with E-state index in [1.807, 2.05) is 18.2 Å². The van der Waals surface area contributed by atoms with Gasteiger partial charge < -0.3 is 0 Å². The maximum absolute atomic E-state index is 8.47. The lowest BCUT2D eigenvalue weighted by atomic mass is 10.0. The van der Waals surface area contributed by atoms with E-state index in [0.29, 0.717) is 0 Å². The van der Waals surface area contributed by atoms with Crippen LogP contribution in [0.5, 0.6) is 0 Å². The third-order valence-electron chi connectivity index (χ3n) is 2.94. The molecule has 1 aromatic carbocycles. The summed E-state index contributed by atoms with van der Waals surface area (Å²) in [4.78, 5) is 2.86. The van der Waals surface area contributed by atoms with Gasteiger partial charge in [0.2, 0.25) is 0 Å². The topological polar surface area (TPSA) is 48.8 Å². The normalized spacial score (nSPS) is 9.94. The van der Waals surface area contributed by atoms with E-state index >= 15 is 0 Å². The molecule has 0 heterocycles. The maximum atomic E-state index is 8.47. The molecule has 3 heteroatoms. The van der Waals surface area contributed by atoms with Gasteiger partial charge in [0.25, 0.3) is 0 Å². The number of unbranched alkanes of at least 4 members (excludes halogenated alkanes) is 5. The summed E-state index contributed by atoms with van der Waals surface area (Å²) in [6, 6.07) is 7.85. The van der Waals surface area contributed by atoms with Crippen LogP contribution in [0.3, 0.4) is 0 Å². The lowest BCUT2D eigenvalue weighted by Crippen LogP contribution is -1.86. The van der Waals surface area contributed by atoms with Gasteiger partial charge in [-0.1, -0.05) is 68.4 Å². The molecule has 0 unspecified atom stereocenters. The van der Waals surface area contributed by atoms with Gasteiger partial charge in [0.1, 0.15) is 0 Å². The average molecular weight is 231 g/mol. The molecule has 1 aromatic rings. The van der Waals surface area contributed by atoms with E-state index in [1.165, 1.54) is 44.1 Å². The molecular formula is C14H21N3. The Balaban J connectivity index is 2.33. The SMILES string of the molecule is CCCCCCCCc1ccccc1N=[N+]=[N-]. The van der Waals surface area contributed by atoms with Crippen molar-refractivity contribution in [2.75, 3.05) is 0 Å². The van der Waals surface area contributed by atoms with E-state index in [2.05, 4.69) is 23.0 Å². The van der Waals surface area contributed by atoms with Gasteiger partial charge in [-0.2, -0.15) is 0 Å². The summed E-state index contributed by atoms with van der Waals surface area (Å²) in [6.45, 7) is 2.23. The molecule has 0 saturated heterocycles. The number of hydrogen-bond acceptors (Lipinski definition) is 1. The molecule has 0 N–H and O–H groups in total. The summed E-state index contributed by atoms with van der Waals surface area (Å²) < 4.78 is 0. The molecule has 0 bridgehead atoms. The highest BCUT2D eigenvalue weighted by atomic mass is 15.1. The average Bonchev–Trinajstić information content (AvgIpc) is 2.36. The van der Waals surface area contributed by atoms with E-state index in [0.717, 1.165) is 12.1 Å². The highest BCUT2D eigenvalue weighted by Gasteiger charge is 1.99. The first-order valence-electron chi connectivity index (χ1n) is 6.51. The van der Waals surface area contributed by atoms with Crippen LogP contribution >= 0.6 is 0 Å². The molecule has 0 radical (unpaired) electrons. The molecule has 0 saturated carbocycles. The Morgan fingerprint density at radius 1 is 1.06 bits per heavy atom. The molecule has 0 aliphatic heterocycles. The van der Waals surface area contributed by atoms with Crippen LogP contribution in [0.15, 0.2) is 29.4 Å². The van der Waals surface area contributed by atoms with Crippen molar-refractivity contribution in [2.24, 2.45) is 5.11 Å². The molecule has 1 rings (SSSR count). The smallest absolute Gasteiger partial charge is 0.0407 e. The number of rotatable bonds is 8. The van der Waals surface area contributed by atoms with Gasteiger partial charge in [-0.25, -0.2) is 0 Å². The van der Waals surface area contributed by atoms with Crippen LogP contribution in [0.25, 0.3) is 10.4 Å². The minimum absolute atomic E-state index is 0.781. The number of aryl methyl sites for hydroxylation is 1. The first kappa shape index (κ1) is 13.6. The van der Waals surface area contributed by atoms with Crippen LogP contribution in [-0.4, -0.2) is 0 Å². The molecule has 0 amide bonds. The third kappa shape index (κ3) is 5.41. The third-order valence-corrected chi connectivity index (χ3v) is 2.94. The quantitative estimate of drug-likeness (QED) is 0.244. The predicted molar refractivity (Wildman–Crippen MR) is 72.3 cm³/mol. The van der Waals surface area contributed by atoms with Gasteiger partial charge in [-0.05, 0) is 23.9 Å². The number of azide groups is 1. The number of hydrogen-bond donors (Lipinski definition) is 0. The zero-order valence-corrected chi connectivity index (χ0v) is 10.6. The molecule has 0 aromatic heterocycles. The van der Waals surface area contributed by atoms with E-state index in [4.69, 9.17) is 5.53 Å². The van der Waals surface area contributed by atoms with Crippen LogP contribution in [0.1, 0.15) is 51.0 Å². The fraction of sp³-hybridized carbons (Fsp3) is 0.571. The van der Waals surface area contributed by atoms with Crippen molar-refractivity contribution in [3.8, 4) is 0 Å². The first-order chi connectivity index (χ1) is 8.38. The van der Waals surface area contributed by atoms with Crippen LogP contribution in [0, 0.1) is 0 Å². The lowest BCUT2D eigenvalue weighted by molar-refractivity contribution is 0.607. The molecule has 0 fully saturated rings. The van der Waals surface area contributed by atoms with Crippen molar-refractivity contribution in [3.05, 3.63) is 40.3 Å². The van der Waals surface area contributed by atoms with E-state index in [9.17, 15) is 0 Å². The van der Waals surface area contributed by atoms with Crippen molar-refractivity contribution in [3.63, 3.8) is 0 Å². The summed E-state index contributed by atoms with van der Waals surface area (Å²) >= 11 is 0. The van der Waals surface area contributed by atoms with Gasteiger partial charge in [0.05, 0.1) is 0 Å². The van der Waals surface area contributed by atoms with Gasteiger partial charge in [0.15, 0.2) is 0 Å². The number of nitrogens with zero attached hydrogens (tertiary/aromatic N) is 3. The second-order valence-corrected chi connectivity index (χ2v) is 4.34. The first-order valence-corrected chi connectivity index (χ1v) is 6.51. The molecule has 3 nitrogen and oxygen atoms in total. The molecule has 0 atom stereocenters. The van der Waals surface area contributed by atoms with E-state index < -0.39 is 0 Å².